The molecule has 3 fully saturated rings. The van der Waals surface area contributed by atoms with Crippen LogP contribution in [-0.4, -0.2) is 43.6 Å². The molecule has 1 aliphatic carbocycles. The van der Waals surface area contributed by atoms with E-state index in [1.54, 1.807) is 6.20 Å². The first-order valence-corrected chi connectivity index (χ1v) is 13.3. The molecule has 1 unspecified atom stereocenters. The zero-order valence-corrected chi connectivity index (χ0v) is 20.5. The average molecular weight is 560 g/mol. The van der Waals surface area contributed by atoms with Crippen LogP contribution >= 0.6 is 20.7 Å². The number of carbonyl (C=O) groups is 3. The molecule has 172 valence electrons. The van der Waals surface area contributed by atoms with E-state index in [0.717, 1.165) is 33.1 Å². The Morgan fingerprint density at radius 3 is 2.61 bits per heavy atom. The van der Waals surface area contributed by atoms with Crippen molar-refractivity contribution in [3.63, 3.8) is 0 Å². The van der Waals surface area contributed by atoms with Gasteiger partial charge < -0.3 is 14.4 Å². The van der Waals surface area contributed by atoms with Crippen LogP contribution in [0.5, 0.6) is 0 Å². The van der Waals surface area contributed by atoms with Gasteiger partial charge in [0.15, 0.2) is 3.51 Å². The van der Waals surface area contributed by atoms with Gasteiger partial charge in [0, 0.05) is 54.2 Å². The number of hydrogen-bond donors (Lipinski definition) is 0. The summed E-state index contributed by atoms with van der Waals surface area (Å²) in [5.41, 5.74) is 3.23. The smallest absolute Gasteiger partial charge is 0.354 e. The zero-order valence-electron chi connectivity index (χ0n) is 18.4. The van der Waals surface area contributed by atoms with Crippen molar-refractivity contribution in [3.05, 3.63) is 63.0 Å². The molecule has 1 spiro atoms. The molecular formula is C25H25IN2O5. The van der Waals surface area contributed by atoms with Crippen molar-refractivity contribution in [1.82, 2.24) is 9.88 Å². The maximum atomic E-state index is 12.7. The summed E-state index contributed by atoms with van der Waals surface area (Å²) in [5, 5.41) is 0. The molecule has 7 nitrogen and oxygen atoms in total. The minimum absolute atomic E-state index is 0.0839. The second-order valence-corrected chi connectivity index (χ2v) is 11.7. The second-order valence-electron chi connectivity index (χ2n) is 8.84. The SMILES string of the molecule is Cc1cnccc1CN1CC(c2cccc(I=C3C(=O)OC4(CCCC4)OC3=O)c2)CC1=O. The molecule has 0 N–H and O–H groups in total. The molecule has 1 amide bonds. The number of likely N-dealkylation sites (tertiary alicyclic amines) is 1. The fourth-order valence-electron chi connectivity index (χ4n) is 4.69. The maximum absolute atomic E-state index is 12.7. The number of carbonyl (C=O) groups excluding carboxylic acids is 3. The van der Waals surface area contributed by atoms with Gasteiger partial charge in [0.05, 0.1) is 0 Å². The lowest BCUT2D eigenvalue weighted by molar-refractivity contribution is -0.224. The van der Waals surface area contributed by atoms with E-state index in [0.29, 0.717) is 32.4 Å². The lowest BCUT2D eigenvalue weighted by Gasteiger charge is -2.32. The van der Waals surface area contributed by atoms with Crippen molar-refractivity contribution in [2.45, 2.75) is 57.3 Å². The first-order valence-electron chi connectivity index (χ1n) is 11.2. The van der Waals surface area contributed by atoms with Crippen molar-refractivity contribution in [2.75, 3.05) is 6.54 Å². The predicted octanol–water partition coefficient (Wildman–Crippen LogP) is 3.59. The van der Waals surface area contributed by atoms with Gasteiger partial charge in [-0.25, -0.2) is 9.59 Å². The van der Waals surface area contributed by atoms with E-state index in [1.807, 2.05) is 48.4 Å². The number of benzene rings is 1. The number of ether oxygens (including phenoxy) is 2. The summed E-state index contributed by atoms with van der Waals surface area (Å²) in [6.07, 6.45) is 6.97. The van der Waals surface area contributed by atoms with Crippen molar-refractivity contribution in [1.29, 1.82) is 0 Å². The minimum atomic E-state index is -1.05. The molecule has 33 heavy (non-hydrogen) atoms. The Hall–Kier alpha value is -2.62. The van der Waals surface area contributed by atoms with E-state index in [9.17, 15) is 14.4 Å². The van der Waals surface area contributed by atoms with Crippen molar-refractivity contribution in [3.8, 4) is 0 Å². The topological polar surface area (TPSA) is 85.8 Å². The molecular weight excluding hydrogens is 535 g/mol. The number of hydrogen-bond acceptors (Lipinski definition) is 6. The monoisotopic (exact) mass is 560 g/mol. The van der Waals surface area contributed by atoms with Gasteiger partial charge in [0.1, 0.15) is 0 Å². The average Bonchev–Trinajstić information content (AvgIpc) is 3.39. The highest BCUT2D eigenvalue weighted by atomic mass is 127. The van der Waals surface area contributed by atoms with Crippen molar-refractivity contribution in [2.24, 2.45) is 0 Å². The highest BCUT2D eigenvalue weighted by Gasteiger charge is 2.48. The molecule has 1 aromatic heterocycles. The highest BCUT2D eigenvalue weighted by molar-refractivity contribution is 14.2. The van der Waals surface area contributed by atoms with Crippen LogP contribution in [0.4, 0.5) is 0 Å². The first-order chi connectivity index (χ1) is 15.9. The second kappa shape index (κ2) is 8.96. The Balaban J connectivity index is 1.31. The van der Waals surface area contributed by atoms with Crippen LogP contribution in [-0.2, 0) is 30.4 Å². The van der Waals surface area contributed by atoms with E-state index in [-0.39, 0.29) is 15.3 Å². The summed E-state index contributed by atoms with van der Waals surface area (Å²) in [5.74, 6) is -1.88. The lowest BCUT2D eigenvalue weighted by Crippen LogP contribution is -2.48. The number of halogens is 1. The largest absolute Gasteiger partial charge is 0.418 e. The molecule has 1 atom stereocenters. The summed E-state index contributed by atoms with van der Waals surface area (Å²) in [7, 11) is 0. The van der Waals surface area contributed by atoms with Crippen molar-refractivity contribution >= 4 is 42.1 Å². The Morgan fingerprint density at radius 1 is 1.12 bits per heavy atom. The fraction of sp³-hybridized carbons (Fsp3) is 0.400. The fourth-order valence-corrected chi connectivity index (χ4v) is 6.87. The van der Waals surface area contributed by atoms with Gasteiger partial charge in [-0.15, -0.1) is 0 Å². The van der Waals surface area contributed by atoms with Crippen LogP contribution < -0.4 is 0 Å². The molecule has 5 rings (SSSR count). The van der Waals surface area contributed by atoms with Gasteiger partial charge in [-0.1, -0.05) is 32.9 Å². The standard InChI is InChI=1S/C25H25IN2O5/c1-16-13-27-10-7-18(16)14-28-15-19(12-21(28)29)17-5-4-6-20(11-17)26-22-23(30)32-25(33-24(22)31)8-2-3-9-25/h4-7,10-11,13,19H,2-3,8-9,12,14-15H2,1H3. The number of esters is 2. The number of nitrogens with zero attached hydrogens (tertiary/aromatic N) is 2. The number of aryl methyl sites for hydroxylation is 1. The highest BCUT2D eigenvalue weighted by Crippen LogP contribution is 2.38. The van der Waals surface area contributed by atoms with Gasteiger partial charge in [-0.3, -0.25) is 9.78 Å². The molecule has 3 aliphatic rings. The third-order valence-corrected chi connectivity index (χ3v) is 9.23. The van der Waals surface area contributed by atoms with Gasteiger partial charge in [-0.2, -0.15) is 0 Å². The van der Waals surface area contributed by atoms with Gasteiger partial charge >= 0.3 is 11.9 Å². The zero-order chi connectivity index (χ0) is 23.0. The minimum Gasteiger partial charge on any atom is -0.418 e. The van der Waals surface area contributed by atoms with E-state index < -0.39 is 38.5 Å². The molecule has 3 heterocycles. The number of aromatic nitrogens is 1. The summed E-state index contributed by atoms with van der Waals surface area (Å²) in [4.78, 5) is 43.9. The molecule has 8 heteroatoms. The third kappa shape index (κ3) is 4.58. The van der Waals surface area contributed by atoms with E-state index in [1.165, 1.54) is 0 Å². The van der Waals surface area contributed by atoms with Gasteiger partial charge in [-0.05, 0) is 54.7 Å². The molecule has 0 radical (unpaired) electrons. The van der Waals surface area contributed by atoms with Gasteiger partial charge in [0.2, 0.25) is 5.91 Å². The predicted molar refractivity (Wildman–Crippen MR) is 129 cm³/mol. The van der Waals surface area contributed by atoms with Crippen LogP contribution in [0, 0.1) is 10.5 Å². The molecule has 1 aromatic carbocycles. The van der Waals surface area contributed by atoms with E-state index in [4.69, 9.17) is 9.47 Å². The number of pyridine rings is 1. The summed E-state index contributed by atoms with van der Waals surface area (Å²) in [6.45, 7) is 3.22. The quantitative estimate of drug-likeness (QED) is 0.420. The molecule has 1 saturated carbocycles. The van der Waals surface area contributed by atoms with E-state index >= 15 is 0 Å². The number of amides is 1. The third-order valence-electron chi connectivity index (χ3n) is 6.52. The Labute approximate surface area is 202 Å². The van der Waals surface area contributed by atoms with Crippen LogP contribution in [0.2, 0.25) is 0 Å². The normalized spacial score (nSPS) is 22.1. The summed E-state index contributed by atoms with van der Waals surface area (Å²) < 4.78 is 12.2. The van der Waals surface area contributed by atoms with Crippen LogP contribution in [0.3, 0.4) is 0 Å². The lowest BCUT2D eigenvalue weighted by atomic mass is 9.98. The first kappa shape index (κ1) is 22.2. The van der Waals surface area contributed by atoms with Crippen molar-refractivity contribution < 1.29 is 23.9 Å². The van der Waals surface area contributed by atoms with Crippen LogP contribution in [0.1, 0.15) is 54.7 Å². The Kier molecular flexibility index (Phi) is 6.03. The Bertz CT molecular complexity index is 1130. The molecule has 2 saturated heterocycles. The van der Waals surface area contributed by atoms with Crippen LogP contribution in [0.15, 0.2) is 42.7 Å². The summed E-state index contributed by atoms with van der Waals surface area (Å²) >= 11 is -1.05. The number of rotatable bonds is 4. The molecule has 0 bridgehead atoms. The Morgan fingerprint density at radius 2 is 1.88 bits per heavy atom. The molecule has 2 aromatic rings. The molecule has 2 aliphatic heterocycles. The maximum Gasteiger partial charge on any atom is 0.354 e. The van der Waals surface area contributed by atoms with E-state index in [2.05, 4.69) is 4.98 Å². The summed E-state index contributed by atoms with van der Waals surface area (Å²) in [6, 6.07) is 9.86. The van der Waals surface area contributed by atoms with Crippen LogP contribution in [0.25, 0.3) is 0 Å². The van der Waals surface area contributed by atoms with Gasteiger partial charge in [0.25, 0.3) is 5.79 Å².